The van der Waals surface area contributed by atoms with Crippen LogP contribution in [0.5, 0.6) is 5.75 Å². The number of rotatable bonds is 4. The Morgan fingerprint density at radius 3 is 2.90 bits per heavy atom. The molecule has 1 atom stereocenters. The molecule has 1 saturated carbocycles. The third-order valence-corrected chi connectivity index (χ3v) is 6.63. The van der Waals surface area contributed by atoms with E-state index in [0.717, 1.165) is 42.2 Å². The smallest absolute Gasteiger partial charge is 0.261 e. The van der Waals surface area contributed by atoms with E-state index in [4.69, 9.17) is 9.47 Å². The van der Waals surface area contributed by atoms with Crippen LogP contribution in [0.4, 0.5) is 11.4 Å². The van der Waals surface area contributed by atoms with Crippen molar-refractivity contribution < 1.29 is 14.3 Å². The van der Waals surface area contributed by atoms with Crippen molar-refractivity contribution in [2.75, 3.05) is 36.5 Å². The Morgan fingerprint density at radius 1 is 1.26 bits per heavy atom. The van der Waals surface area contributed by atoms with Crippen LogP contribution in [0.15, 0.2) is 36.8 Å². The molecule has 6 rings (SSSR count). The van der Waals surface area contributed by atoms with Gasteiger partial charge in [-0.1, -0.05) is 0 Å². The van der Waals surface area contributed by atoms with E-state index in [-0.39, 0.29) is 11.5 Å². The van der Waals surface area contributed by atoms with Crippen LogP contribution >= 0.6 is 0 Å². The lowest BCUT2D eigenvalue weighted by atomic mass is 9.94. The highest BCUT2D eigenvalue weighted by Crippen LogP contribution is 2.50. The second-order valence-corrected chi connectivity index (χ2v) is 8.84. The summed E-state index contributed by atoms with van der Waals surface area (Å²) in [6, 6.07) is 5.97. The van der Waals surface area contributed by atoms with Crippen LogP contribution in [0.3, 0.4) is 0 Å². The van der Waals surface area contributed by atoms with E-state index in [1.807, 2.05) is 0 Å². The summed E-state index contributed by atoms with van der Waals surface area (Å²) < 4.78 is 13.6. The Morgan fingerprint density at radius 2 is 2.10 bits per heavy atom. The second-order valence-electron chi connectivity index (χ2n) is 8.84. The maximum atomic E-state index is 13.2. The van der Waals surface area contributed by atoms with Crippen molar-refractivity contribution in [3.63, 3.8) is 0 Å². The Bertz CT molecular complexity index is 1170. The van der Waals surface area contributed by atoms with Crippen molar-refractivity contribution >= 4 is 22.9 Å². The third kappa shape index (κ3) is 3.22. The summed E-state index contributed by atoms with van der Waals surface area (Å²) in [7, 11) is 0. The van der Waals surface area contributed by atoms with Crippen LogP contribution in [-0.4, -0.2) is 52.4 Å². The summed E-state index contributed by atoms with van der Waals surface area (Å²) in [6.45, 7) is 5.10. The molecule has 8 heteroatoms. The first-order chi connectivity index (χ1) is 15.1. The van der Waals surface area contributed by atoms with Gasteiger partial charge in [-0.15, -0.1) is 0 Å². The van der Waals surface area contributed by atoms with E-state index in [9.17, 15) is 4.79 Å². The number of hydrogen-bond acceptors (Lipinski definition) is 6. The summed E-state index contributed by atoms with van der Waals surface area (Å²) in [5.41, 5.74) is 3.77. The molecule has 31 heavy (non-hydrogen) atoms. The summed E-state index contributed by atoms with van der Waals surface area (Å²) in [6.07, 6.45) is 8.34. The monoisotopic (exact) mass is 419 g/mol. The van der Waals surface area contributed by atoms with Gasteiger partial charge in [0.25, 0.3) is 5.91 Å². The molecule has 0 spiro atoms. The van der Waals surface area contributed by atoms with E-state index in [1.165, 1.54) is 12.8 Å². The highest BCUT2D eigenvalue weighted by atomic mass is 16.5. The molecular formula is C23H25N5O3. The van der Waals surface area contributed by atoms with Crippen molar-refractivity contribution in [3.05, 3.63) is 47.9 Å². The minimum atomic E-state index is -0.216. The fraction of sp³-hybridized carbons (Fsp3) is 0.435. The summed E-state index contributed by atoms with van der Waals surface area (Å²) >= 11 is 0. The molecule has 1 aromatic carbocycles. The van der Waals surface area contributed by atoms with Crippen LogP contribution in [0.1, 0.15) is 35.7 Å². The molecule has 1 N–H and O–H groups in total. The van der Waals surface area contributed by atoms with E-state index >= 15 is 0 Å². The minimum Gasteiger partial charge on any atom is -0.487 e. The number of carbonyl (C=O) groups excluding carboxylic acids is 1. The Labute approximate surface area is 180 Å². The van der Waals surface area contributed by atoms with Crippen molar-refractivity contribution in [2.24, 2.45) is 5.92 Å². The molecule has 1 unspecified atom stereocenters. The molecule has 3 aromatic rings. The maximum absolute atomic E-state index is 13.2. The zero-order valence-electron chi connectivity index (χ0n) is 17.5. The number of hydrogen-bond donors (Lipinski definition) is 1. The molecule has 8 nitrogen and oxygen atoms in total. The van der Waals surface area contributed by atoms with Gasteiger partial charge >= 0.3 is 0 Å². The zero-order valence-corrected chi connectivity index (χ0v) is 17.5. The number of aromatic nitrogens is 3. The molecule has 2 aliphatic heterocycles. The normalized spacial score (nSPS) is 22.9. The number of benzene rings is 1. The van der Waals surface area contributed by atoms with Gasteiger partial charge < -0.3 is 19.7 Å². The zero-order chi connectivity index (χ0) is 21.0. The highest BCUT2D eigenvalue weighted by Gasteiger charge is 2.47. The van der Waals surface area contributed by atoms with Crippen molar-refractivity contribution in [1.82, 2.24) is 14.6 Å². The predicted octanol–water partition coefficient (Wildman–Crippen LogP) is 2.92. The topological polar surface area (TPSA) is 81.0 Å². The molecule has 0 radical (unpaired) electrons. The molecule has 160 valence electrons. The second kappa shape index (κ2) is 6.95. The molecule has 1 amide bonds. The number of morpholine rings is 1. The van der Waals surface area contributed by atoms with Gasteiger partial charge in [-0.2, -0.15) is 5.10 Å². The minimum absolute atomic E-state index is 0.139. The molecule has 0 bridgehead atoms. The molecule has 2 fully saturated rings. The average molecular weight is 419 g/mol. The van der Waals surface area contributed by atoms with Gasteiger partial charge in [0.15, 0.2) is 5.65 Å². The summed E-state index contributed by atoms with van der Waals surface area (Å²) in [5.74, 6) is 1.34. The van der Waals surface area contributed by atoms with Crippen molar-refractivity contribution in [2.45, 2.75) is 31.8 Å². The van der Waals surface area contributed by atoms with Crippen molar-refractivity contribution in [1.29, 1.82) is 0 Å². The van der Waals surface area contributed by atoms with Gasteiger partial charge in [-0.25, -0.2) is 9.50 Å². The highest BCUT2D eigenvalue weighted by molar-refractivity contribution is 6.09. The third-order valence-electron chi connectivity index (χ3n) is 6.63. The lowest BCUT2D eigenvalue weighted by molar-refractivity contribution is 0.0908. The molecule has 2 aromatic heterocycles. The number of ether oxygens (including phenoxy) is 2. The lowest BCUT2D eigenvalue weighted by Crippen LogP contribution is -2.36. The molecular weight excluding hydrogens is 394 g/mol. The summed E-state index contributed by atoms with van der Waals surface area (Å²) in [4.78, 5) is 19.8. The van der Waals surface area contributed by atoms with Crippen LogP contribution in [0, 0.1) is 5.92 Å². The van der Waals surface area contributed by atoms with Crippen LogP contribution in [0.25, 0.3) is 5.65 Å². The number of nitrogens with one attached hydrogen (secondary N) is 1. The van der Waals surface area contributed by atoms with E-state index < -0.39 is 0 Å². The predicted molar refractivity (Wildman–Crippen MR) is 116 cm³/mol. The Balaban J connectivity index is 1.36. The van der Waals surface area contributed by atoms with E-state index in [2.05, 4.69) is 39.4 Å². The number of nitrogens with zero attached hydrogens (tertiary/aromatic N) is 4. The van der Waals surface area contributed by atoms with Gasteiger partial charge in [-0.05, 0) is 37.8 Å². The SMILES string of the molecule is CC1(C2CC2)Cc2cc(NC(=O)c3cnn4cccnc34)c(N3CCOCC3)cc2O1. The van der Waals surface area contributed by atoms with Crippen LogP contribution in [0.2, 0.25) is 0 Å². The van der Waals surface area contributed by atoms with E-state index in [0.29, 0.717) is 30.3 Å². The van der Waals surface area contributed by atoms with Crippen LogP contribution in [-0.2, 0) is 11.2 Å². The fourth-order valence-corrected chi connectivity index (χ4v) is 4.78. The first kappa shape index (κ1) is 18.6. The van der Waals surface area contributed by atoms with Crippen LogP contribution < -0.4 is 15.0 Å². The Hall–Kier alpha value is -3.13. The number of fused-ring (bicyclic) bond motifs is 2. The number of amides is 1. The van der Waals surface area contributed by atoms with Gasteiger partial charge in [0.05, 0.1) is 30.8 Å². The largest absolute Gasteiger partial charge is 0.487 e. The van der Waals surface area contributed by atoms with Gasteiger partial charge in [0, 0.05) is 43.5 Å². The summed E-state index contributed by atoms with van der Waals surface area (Å²) in [5, 5.41) is 7.38. The van der Waals surface area contributed by atoms with E-state index in [1.54, 1.807) is 29.2 Å². The first-order valence-electron chi connectivity index (χ1n) is 10.9. The number of anilines is 2. The average Bonchev–Trinajstić information content (AvgIpc) is 3.48. The number of carbonyl (C=O) groups is 1. The Kier molecular flexibility index (Phi) is 4.17. The van der Waals surface area contributed by atoms with Crippen molar-refractivity contribution in [3.8, 4) is 5.75 Å². The van der Waals surface area contributed by atoms with Gasteiger partial charge in [0.1, 0.15) is 16.9 Å². The quantitative estimate of drug-likeness (QED) is 0.700. The van der Waals surface area contributed by atoms with Gasteiger partial charge in [0.2, 0.25) is 0 Å². The fourth-order valence-electron chi connectivity index (χ4n) is 4.78. The standard InChI is InChI=1S/C23H25N5O3/c1-23(16-3-4-16)13-15-11-18(19(12-20(15)31-23)27-7-9-30-10-8-27)26-22(29)17-14-25-28-6-2-5-24-21(17)28/h2,5-6,11-12,14,16H,3-4,7-10,13H2,1H3,(H,26,29). The molecule has 1 aliphatic carbocycles. The maximum Gasteiger partial charge on any atom is 0.261 e. The first-order valence-corrected chi connectivity index (χ1v) is 10.9. The lowest BCUT2D eigenvalue weighted by Gasteiger charge is -2.31. The molecule has 3 aliphatic rings. The molecule has 1 saturated heterocycles. The van der Waals surface area contributed by atoms with Gasteiger partial charge in [-0.3, -0.25) is 4.79 Å². The molecule has 4 heterocycles.